The molecule has 0 amide bonds. The fourth-order valence-corrected chi connectivity index (χ4v) is 2.53. The van der Waals surface area contributed by atoms with Crippen molar-refractivity contribution in [1.82, 2.24) is 19.7 Å². The van der Waals surface area contributed by atoms with Crippen LogP contribution >= 0.6 is 0 Å². The molecule has 0 aliphatic heterocycles. The van der Waals surface area contributed by atoms with Gasteiger partial charge >= 0.3 is 0 Å². The van der Waals surface area contributed by atoms with E-state index in [1.807, 2.05) is 17.8 Å². The van der Waals surface area contributed by atoms with E-state index in [-0.39, 0.29) is 0 Å². The Bertz CT molecular complexity index is 588. The van der Waals surface area contributed by atoms with E-state index < -0.39 is 0 Å². The quantitative estimate of drug-likeness (QED) is 0.912. The third-order valence-electron chi connectivity index (χ3n) is 3.53. The van der Waals surface area contributed by atoms with Crippen LogP contribution in [0.15, 0.2) is 12.3 Å². The first-order valence-corrected chi connectivity index (χ1v) is 6.91. The van der Waals surface area contributed by atoms with Crippen LogP contribution in [0.5, 0.6) is 0 Å². The van der Waals surface area contributed by atoms with E-state index in [9.17, 15) is 0 Å². The van der Waals surface area contributed by atoms with Gasteiger partial charge in [-0.1, -0.05) is 6.92 Å². The van der Waals surface area contributed by atoms with E-state index >= 15 is 0 Å². The molecule has 0 aromatic carbocycles. The van der Waals surface area contributed by atoms with Crippen LogP contribution < -0.4 is 5.32 Å². The fraction of sp³-hybridized carbons (Fsp3) is 0.500. The van der Waals surface area contributed by atoms with Crippen molar-refractivity contribution < 1.29 is 0 Å². The molecule has 0 saturated carbocycles. The highest BCUT2D eigenvalue weighted by molar-refractivity contribution is 5.57. The Labute approximate surface area is 113 Å². The van der Waals surface area contributed by atoms with Gasteiger partial charge in [-0.25, -0.2) is 9.97 Å². The minimum absolute atomic E-state index is 0.777. The van der Waals surface area contributed by atoms with Crippen LogP contribution in [0.4, 0.5) is 5.82 Å². The number of aryl methyl sites for hydroxylation is 2. The van der Waals surface area contributed by atoms with Crippen LogP contribution in [0.3, 0.4) is 0 Å². The largest absolute Gasteiger partial charge is 0.370 e. The summed E-state index contributed by atoms with van der Waals surface area (Å²) in [6.45, 7) is 3.12. The lowest BCUT2D eigenvalue weighted by Gasteiger charge is -2.11. The molecule has 0 fully saturated rings. The van der Waals surface area contributed by atoms with Crippen LogP contribution in [-0.2, 0) is 19.9 Å². The number of rotatable bonds is 4. The van der Waals surface area contributed by atoms with Crippen molar-refractivity contribution >= 4 is 5.82 Å². The number of aromatic nitrogens is 4. The van der Waals surface area contributed by atoms with Gasteiger partial charge in [0.05, 0.1) is 0 Å². The van der Waals surface area contributed by atoms with Gasteiger partial charge < -0.3 is 5.32 Å². The molecule has 0 radical (unpaired) electrons. The van der Waals surface area contributed by atoms with Gasteiger partial charge in [0.2, 0.25) is 0 Å². The zero-order valence-corrected chi connectivity index (χ0v) is 11.5. The van der Waals surface area contributed by atoms with Crippen molar-refractivity contribution in [3.63, 3.8) is 0 Å². The highest BCUT2D eigenvalue weighted by Gasteiger charge is 2.20. The number of hydrogen-bond acceptors (Lipinski definition) is 4. The first-order valence-electron chi connectivity index (χ1n) is 6.91. The summed E-state index contributed by atoms with van der Waals surface area (Å²) >= 11 is 0. The maximum atomic E-state index is 4.71. The van der Waals surface area contributed by atoms with Crippen molar-refractivity contribution in [2.75, 3.05) is 11.9 Å². The molecule has 5 nitrogen and oxygen atoms in total. The van der Waals surface area contributed by atoms with E-state index in [2.05, 4.69) is 17.3 Å². The van der Waals surface area contributed by atoms with Gasteiger partial charge in [-0.05, 0) is 31.7 Å². The maximum Gasteiger partial charge on any atom is 0.180 e. The molecule has 100 valence electrons. The Morgan fingerprint density at radius 3 is 2.95 bits per heavy atom. The van der Waals surface area contributed by atoms with Crippen molar-refractivity contribution in [1.29, 1.82) is 0 Å². The lowest BCUT2D eigenvalue weighted by atomic mass is 10.2. The summed E-state index contributed by atoms with van der Waals surface area (Å²) in [5.74, 6) is 1.79. The molecule has 2 aromatic heterocycles. The lowest BCUT2D eigenvalue weighted by molar-refractivity contribution is 0.768. The molecule has 19 heavy (non-hydrogen) atoms. The van der Waals surface area contributed by atoms with Crippen molar-refractivity contribution in [3.05, 3.63) is 23.5 Å². The third-order valence-corrected chi connectivity index (χ3v) is 3.53. The number of anilines is 1. The number of fused-ring (bicyclic) bond motifs is 1. The molecular formula is C14H19N5. The second-order valence-electron chi connectivity index (χ2n) is 4.94. The van der Waals surface area contributed by atoms with Gasteiger partial charge in [0, 0.05) is 31.0 Å². The smallest absolute Gasteiger partial charge is 0.180 e. The van der Waals surface area contributed by atoms with E-state index in [0.29, 0.717) is 0 Å². The molecular weight excluding hydrogens is 238 g/mol. The Kier molecular flexibility index (Phi) is 3.19. The van der Waals surface area contributed by atoms with Crippen molar-refractivity contribution in [2.24, 2.45) is 7.05 Å². The van der Waals surface area contributed by atoms with Crippen LogP contribution in [0.1, 0.15) is 31.0 Å². The summed E-state index contributed by atoms with van der Waals surface area (Å²) < 4.78 is 1.82. The van der Waals surface area contributed by atoms with Crippen LogP contribution in [0, 0.1) is 0 Å². The maximum absolute atomic E-state index is 4.71. The molecule has 2 heterocycles. The molecule has 0 saturated heterocycles. The summed E-state index contributed by atoms with van der Waals surface area (Å²) in [7, 11) is 1.92. The molecule has 1 aliphatic carbocycles. The van der Waals surface area contributed by atoms with E-state index in [1.54, 1.807) is 6.20 Å². The van der Waals surface area contributed by atoms with Gasteiger partial charge in [0.1, 0.15) is 11.5 Å². The topological polar surface area (TPSA) is 55.6 Å². The average Bonchev–Trinajstić information content (AvgIpc) is 3.03. The highest BCUT2D eigenvalue weighted by Crippen LogP contribution is 2.28. The molecule has 0 spiro atoms. The van der Waals surface area contributed by atoms with Crippen LogP contribution in [0.25, 0.3) is 11.5 Å². The molecule has 0 atom stereocenters. The van der Waals surface area contributed by atoms with Gasteiger partial charge in [0.25, 0.3) is 0 Å². The molecule has 2 aromatic rings. The molecule has 3 rings (SSSR count). The second kappa shape index (κ2) is 4.99. The zero-order chi connectivity index (χ0) is 13.2. The molecule has 0 bridgehead atoms. The van der Waals surface area contributed by atoms with Crippen LogP contribution in [-0.4, -0.2) is 26.3 Å². The summed E-state index contributed by atoms with van der Waals surface area (Å²) in [5, 5.41) is 7.63. The second-order valence-corrected chi connectivity index (χ2v) is 4.94. The summed E-state index contributed by atoms with van der Waals surface area (Å²) in [6.07, 6.45) is 6.21. The minimum atomic E-state index is 0.777. The minimum Gasteiger partial charge on any atom is -0.370 e. The van der Waals surface area contributed by atoms with E-state index in [4.69, 9.17) is 9.97 Å². The van der Waals surface area contributed by atoms with E-state index in [1.165, 1.54) is 17.7 Å². The third kappa shape index (κ3) is 2.20. The number of nitrogens with one attached hydrogen (secondary N) is 1. The predicted octanol–water partition coefficient (Wildman–Crippen LogP) is 2.19. The Morgan fingerprint density at radius 2 is 2.21 bits per heavy atom. The lowest BCUT2D eigenvalue weighted by Crippen LogP contribution is -2.09. The standard InChI is InChI=1S/C14H19N5/c1-3-8-15-13-10-5-4-6-11(10)17-14(18-13)12-7-9-16-19(12)2/h7,9H,3-6,8H2,1-2H3,(H,15,17,18). The van der Waals surface area contributed by atoms with Crippen molar-refractivity contribution in [2.45, 2.75) is 32.6 Å². The number of hydrogen-bond donors (Lipinski definition) is 1. The monoisotopic (exact) mass is 257 g/mol. The number of nitrogens with zero attached hydrogens (tertiary/aromatic N) is 4. The Morgan fingerprint density at radius 1 is 1.32 bits per heavy atom. The molecule has 5 heteroatoms. The summed E-state index contributed by atoms with van der Waals surface area (Å²) in [5.41, 5.74) is 3.47. The highest BCUT2D eigenvalue weighted by atomic mass is 15.3. The summed E-state index contributed by atoms with van der Waals surface area (Å²) in [6, 6.07) is 1.96. The van der Waals surface area contributed by atoms with Gasteiger partial charge in [-0.15, -0.1) is 0 Å². The zero-order valence-electron chi connectivity index (χ0n) is 11.5. The van der Waals surface area contributed by atoms with E-state index in [0.717, 1.165) is 43.1 Å². The first-order chi connectivity index (χ1) is 9.29. The first kappa shape index (κ1) is 12.1. The normalized spacial score (nSPS) is 13.6. The summed E-state index contributed by atoms with van der Waals surface area (Å²) in [4.78, 5) is 9.42. The molecule has 1 N–H and O–H groups in total. The predicted molar refractivity (Wildman–Crippen MR) is 75.0 cm³/mol. The Hall–Kier alpha value is -1.91. The molecule has 1 aliphatic rings. The van der Waals surface area contributed by atoms with Gasteiger partial charge in [0.15, 0.2) is 5.82 Å². The van der Waals surface area contributed by atoms with Gasteiger partial charge in [-0.2, -0.15) is 5.10 Å². The Balaban J connectivity index is 2.05. The van der Waals surface area contributed by atoms with Gasteiger partial charge in [-0.3, -0.25) is 4.68 Å². The SMILES string of the molecule is CCCNc1nc(-c2ccnn2C)nc2c1CCC2. The van der Waals surface area contributed by atoms with Crippen LogP contribution in [0.2, 0.25) is 0 Å². The molecule has 0 unspecified atom stereocenters. The fourth-order valence-electron chi connectivity index (χ4n) is 2.53. The average molecular weight is 257 g/mol. The van der Waals surface area contributed by atoms with Crippen molar-refractivity contribution in [3.8, 4) is 11.5 Å².